The van der Waals surface area contributed by atoms with E-state index < -0.39 is 11.6 Å². The monoisotopic (exact) mass is 300 g/mol. The van der Waals surface area contributed by atoms with Crippen LogP contribution in [-0.2, 0) is 6.54 Å². The van der Waals surface area contributed by atoms with Crippen LogP contribution in [0.25, 0.3) is 22.0 Å². The average molecular weight is 300 g/mol. The topological polar surface area (TPSA) is 34.9 Å². The van der Waals surface area contributed by atoms with Crippen molar-refractivity contribution in [3.8, 4) is 11.3 Å². The highest BCUT2D eigenvalue weighted by Gasteiger charge is 2.11. The van der Waals surface area contributed by atoms with Crippen LogP contribution in [0.2, 0.25) is 0 Å². The van der Waals surface area contributed by atoms with E-state index in [0.717, 1.165) is 17.5 Å². The quantitative estimate of drug-likeness (QED) is 0.724. The molecule has 2 heterocycles. The van der Waals surface area contributed by atoms with Crippen molar-refractivity contribution in [3.05, 3.63) is 64.2 Å². The molecular weight excluding hydrogens is 286 g/mol. The van der Waals surface area contributed by atoms with Gasteiger partial charge in [-0.1, -0.05) is 0 Å². The normalized spacial score (nSPS) is 11.1. The van der Waals surface area contributed by atoms with Crippen molar-refractivity contribution >= 4 is 10.8 Å². The third-order valence-electron chi connectivity index (χ3n) is 3.70. The van der Waals surface area contributed by atoms with Crippen LogP contribution in [-0.4, -0.2) is 9.55 Å². The van der Waals surface area contributed by atoms with Gasteiger partial charge in [0.25, 0.3) is 5.56 Å². The number of halogens is 2. The van der Waals surface area contributed by atoms with Crippen LogP contribution in [0.5, 0.6) is 0 Å². The van der Waals surface area contributed by atoms with E-state index in [1.807, 2.05) is 13.0 Å². The summed E-state index contributed by atoms with van der Waals surface area (Å²) in [5, 5.41) is 1.29. The SMILES string of the molecule is CCn1ccc2cc(-c3ccc(F)c(F)c3)nc(C)c2c1=O. The van der Waals surface area contributed by atoms with Gasteiger partial charge in [0.2, 0.25) is 0 Å². The minimum atomic E-state index is -0.918. The largest absolute Gasteiger partial charge is 0.315 e. The molecule has 0 unspecified atom stereocenters. The van der Waals surface area contributed by atoms with Gasteiger partial charge in [0.15, 0.2) is 11.6 Å². The molecule has 0 N–H and O–H groups in total. The van der Waals surface area contributed by atoms with Gasteiger partial charge >= 0.3 is 0 Å². The Balaban J connectivity index is 2.25. The standard InChI is InChI=1S/C17H14F2N2O/c1-3-21-7-6-12-9-15(20-10(2)16(12)17(21)22)11-4-5-13(18)14(19)8-11/h4-9H,3H2,1-2H3. The summed E-state index contributed by atoms with van der Waals surface area (Å²) < 4.78 is 28.0. The Morgan fingerprint density at radius 2 is 1.91 bits per heavy atom. The van der Waals surface area contributed by atoms with Crippen molar-refractivity contribution < 1.29 is 8.78 Å². The Labute approximate surface area is 125 Å². The van der Waals surface area contributed by atoms with E-state index in [1.54, 1.807) is 23.8 Å². The van der Waals surface area contributed by atoms with Crippen molar-refractivity contribution in [1.29, 1.82) is 0 Å². The Kier molecular flexibility index (Phi) is 3.48. The molecule has 0 atom stereocenters. The number of nitrogens with zero attached hydrogens (tertiary/aromatic N) is 2. The molecule has 22 heavy (non-hydrogen) atoms. The zero-order chi connectivity index (χ0) is 15.9. The molecule has 0 fully saturated rings. The van der Waals surface area contributed by atoms with Crippen LogP contribution in [0.4, 0.5) is 8.78 Å². The molecule has 0 bridgehead atoms. The van der Waals surface area contributed by atoms with Crippen molar-refractivity contribution in [2.75, 3.05) is 0 Å². The molecule has 0 aliphatic carbocycles. The summed E-state index contributed by atoms with van der Waals surface area (Å²) in [4.78, 5) is 16.7. The number of pyridine rings is 2. The highest BCUT2D eigenvalue weighted by atomic mass is 19.2. The summed E-state index contributed by atoms with van der Waals surface area (Å²) in [7, 11) is 0. The minimum Gasteiger partial charge on any atom is -0.315 e. The molecule has 0 amide bonds. The first kappa shape index (κ1) is 14.4. The number of rotatable bonds is 2. The Bertz CT molecular complexity index is 932. The summed E-state index contributed by atoms with van der Waals surface area (Å²) >= 11 is 0. The Hall–Kier alpha value is -2.56. The van der Waals surface area contributed by atoms with Crippen LogP contribution in [0.15, 0.2) is 41.3 Å². The van der Waals surface area contributed by atoms with Gasteiger partial charge in [-0.3, -0.25) is 9.78 Å². The van der Waals surface area contributed by atoms with Gasteiger partial charge in [-0.2, -0.15) is 0 Å². The fourth-order valence-electron chi connectivity index (χ4n) is 2.54. The maximum Gasteiger partial charge on any atom is 0.260 e. The molecule has 5 heteroatoms. The van der Waals surface area contributed by atoms with E-state index >= 15 is 0 Å². The summed E-state index contributed by atoms with van der Waals surface area (Å²) in [5.74, 6) is -1.81. The first-order valence-electron chi connectivity index (χ1n) is 6.97. The van der Waals surface area contributed by atoms with Gasteiger partial charge < -0.3 is 4.57 Å². The van der Waals surface area contributed by atoms with Crippen LogP contribution in [0.3, 0.4) is 0 Å². The van der Waals surface area contributed by atoms with Gasteiger partial charge in [-0.15, -0.1) is 0 Å². The molecule has 0 radical (unpaired) electrons. The fourth-order valence-corrected chi connectivity index (χ4v) is 2.54. The van der Waals surface area contributed by atoms with Crippen LogP contribution < -0.4 is 5.56 Å². The van der Waals surface area contributed by atoms with Crippen LogP contribution >= 0.6 is 0 Å². The summed E-state index contributed by atoms with van der Waals surface area (Å²) in [5.41, 5.74) is 1.47. The number of fused-ring (bicyclic) bond motifs is 1. The van der Waals surface area contributed by atoms with Gasteiger partial charge in [0.1, 0.15) is 0 Å². The molecule has 112 valence electrons. The van der Waals surface area contributed by atoms with Gasteiger partial charge in [-0.25, -0.2) is 8.78 Å². The molecule has 0 aliphatic rings. The smallest absolute Gasteiger partial charge is 0.260 e. The van der Waals surface area contributed by atoms with Crippen molar-refractivity contribution in [3.63, 3.8) is 0 Å². The van der Waals surface area contributed by atoms with Crippen molar-refractivity contribution in [2.24, 2.45) is 0 Å². The number of hydrogen-bond donors (Lipinski definition) is 0. The highest BCUT2D eigenvalue weighted by molar-refractivity contribution is 5.86. The molecule has 0 aliphatic heterocycles. The number of benzene rings is 1. The molecule has 3 aromatic rings. The number of aryl methyl sites for hydroxylation is 2. The third-order valence-corrected chi connectivity index (χ3v) is 3.70. The first-order chi connectivity index (χ1) is 10.5. The average Bonchev–Trinajstić information content (AvgIpc) is 2.50. The van der Waals surface area contributed by atoms with Gasteiger partial charge in [0, 0.05) is 18.3 Å². The maximum atomic E-state index is 13.4. The van der Waals surface area contributed by atoms with Crippen molar-refractivity contribution in [2.45, 2.75) is 20.4 Å². The maximum absolute atomic E-state index is 13.4. The lowest BCUT2D eigenvalue weighted by Gasteiger charge is -2.09. The molecule has 3 rings (SSSR count). The predicted molar refractivity (Wildman–Crippen MR) is 81.8 cm³/mol. The molecule has 3 nitrogen and oxygen atoms in total. The molecule has 0 saturated carbocycles. The number of aromatic nitrogens is 2. The summed E-state index contributed by atoms with van der Waals surface area (Å²) in [6.45, 7) is 4.22. The summed E-state index contributed by atoms with van der Waals surface area (Å²) in [6, 6.07) is 7.20. The van der Waals surface area contributed by atoms with Crippen LogP contribution in [0.1, 0.15) is 12.6 Å². The first-order valence-corrected chi connectivity index (χ1v) is 6.97. The van der Waals surface area contributed by atoms with E-state index in [-0.39, 0.29) is 5.56 Å². The fraction of sp³-hybridized carbons (Fsp3) is 0.176. The molecule has 1 aromatic carbocycles. The van der Waals surface area contributed by atoms with E-state index in [2.05, 4.69) is 4.98 Å². The Morgan fingerprint density at radius 3 is 2.59 bits per heavy atom. The third kappa shape index (κ3) is 2.28. The minimum absolute atomic E-state index is 0.0955. The molecule has 0 spiro atoms. The second-order valence-corrected chi connectivity index (χ2v) is 5.09. The lowest BCUT2D eigenvalue weighted by molar-refractivity contribution is 0.509. The molecular formula is C17H14F2N2O. The van der Waals surface area contributed by atoms with Gasteiger partial charge in [0.05, 0.1) is 16.8 Å². The van der Waals surface area contributed by atoms with Crippen LogP contribution in [0, 0.1) is 18.6 Å². The summed E-state index contributed by atoms with van der Waals surface area (Å²) in [6.07, 6.45) is 1.72. The molecule has 0 saturated heterocycles. The zero-order valence-corrected chi connectivity index (χ0v) is 12.2. The predicted octanol–water partition coefficient (Wildman–Crippen LogP) is 3.67. The second-order valence-electron chi connectivity index (χ2n) is 5.09. The molecule has 2 aromatic heterocycles. The van der Waals surface area contributed by atoms with E-state index in [9.17, 15) is 13.6 Å². The zero-order valence-electron chi connectivity index (χ0n) is 12.2. The van der Waals surface area contributed by atoms with E-state index in [0.29, 0.717) is 28.9 Å². The van der Waals surface area contributed by atoms with Crippen molar-refractivity contribution in [1.82, 2.24) is 9.55 Å². The number of hydrogen-bond acceptors (Lipinski definition) is 2. The Morgan fingerprint density at radius 1 is 1.14 bits per heavy atom. The lowest BCUT2D eigenvalue weighted by Crippen LogP contribution is -2.19. The lowest BCUT2D eigenvalue weighted by atomic mass is 10.1. The second kappa shape index (κ2) is 5.33. The highest BCUT2D eigenvalue weighted by Crippen LogP contribution is 2.24. The van der Waals surface area contributed by atoms with Gasteiger partial charge in [-0.05, 0) is 49.6 Å². The van der Waals surface area contributed by atoms with E-state index in [4.69, 9.17) is 0 Å². The van der Waals surface area contributed by atoms with E-state index in [1.165, 1.54) is 6.07 Å².